The molecule has 27 heavy (non-hydrogen) atoms. The van der Waals surface area contributed by atoms with Crippen molar-refractivity contribution in [3.05, 3.63) is 42.0 Å². The number of carboxylic acids is 1. The Morgan fingerprint density at radius 1 is 1.22 bits per heavy atom. The zero-order valence-corrected chi connectivity index (χ0v) is 14.2. The highest BCUT2D eigenvalue weighted by Crippen LogP contribution is 2.27. The number of hydrogen-bond donors (Lipinski definition) is 5. The molecule has 0 radical (unpaired) electrons. The molecule has 2 rings (SSSR count). The standard InChI is InChI=1S/C17H21NO9/c1-2-11(19)25-7-8-3-4-10(9(5-8)6-18)26-17-14(22)12(20)13(21)15(27-17)16(23)24/h2-5,12-15,17,20-22H,1,6-7,18H2,(H,23,24)/t12-,13-,14+,15-,17+/m0/s1. The van der Waals surface area contributed by atoms with Gasteiger partial charge in [0.15, 0.2) is 6.10 Å². The van der Waals surface area contributed by atoms with Gasteiger partial charge < -0.3 is 40.4 Å². The Labute approximate surface area is 154 Å². The molecule has 0 aromatic heterocycles. The van der Waals surface area contributed by atoms with Crippen molar-refractivity contribution in [1.82, 2.24) is 0 Å². The summed E-state index contributed by atoms with van der Waals surface area (Å²) in [6.45, 7) is 3.29. The van der Waals surface area contributed by atoms with Crippen molar-refractivity contribution < 1.29 is 44.2 Å². The fourth-order valence-electron chi connectivity index (χ4n) is 2.48. The van der Waals surface area contributed by atoms with E-state index >= 15 is 0 Å². The molecule has 1 aromatic carbocycles. The third kappa shape index (κ3) is 4.81. The van der Waals surface area contributed by atoms with Gasteiger partial charge in [0.05, 0.1) is 0 Å². The fraction of sp³-hybridized carbons (Fsp3) is 0.412. The molecule has 1 saturated heterocycles. The Morgan fingerprint density at radius 2 is 1.93 bits per heavy atom. The maximum Gasteiger partial charge on any atom is 0.335 e. The summed E-state index contributed by atoms with van der Waals surface area (Å²) in [4.78, 5) is 22.3. The minimum absolute atomic E-state index is 0.0211. The number of aliphatic carboxylic acids is 1. The molecule has 1 heterocycles. The minimum Gasteiger partial charge on any atom is -0.479 e. The molecule has 0 aliphatic carbocycles. The number of aliphatic hydroxyl groups excluding tert-OH is 3. The molecule has 6 N–H and O–H groups in total. The van der Waals surface area contributed by atoms with Crippen LogP contribution in [-0.2, 0) is 32.2 Å². The van der Waals surface area contributed by atoms with E-state index in [0.717, 1.165) is 6.08 Å². The van der Waals surface area contributed by atoms with Crippen molar-refractivity contribution in [3.8, 4) is 5.75 Å². The predicted octanol–water partition coefficient (Wildman–Crippen LogP) is -1.35. The Morgan fingerprint density at radius 3 is 2.52 bits per heavy atom. The quantitative estimate of drug-likeness (QED) is 0.280. The molecule has 0 saturated carbocycles. The Hall–Kier alpha value is -2.50. The van der Waals surface area contributed by atoms with E-state index in [9.17, 15) is 24.9 Å². The van der Waals surface area contributed by atoms with E-state index < -0.39 is 42.6 Å². The van der Waals surface area contributed by atoms with Crippen molar-refractivity contribution >= 4 is 11.9 Å². The highest BCUT2D eigenvalue weighted by molar-refractivity contribution is 5.81. The molecule has 0 amide bonds. The molecule has 0 spiro atoms. The van der Waals surface area contributed by atoms with Crippen molar-refractivity contribution in [1.29, 1.82) is 0 Å². The molecular formula is C17H21NO9. The number of aliphatic hydroxyl groups is 3. The second kappa shape index (κ2) is 8.93. The number of ether oxygens (including phenoxy) is 3. The number of carbonyl (C=O) groups excluding carboxylic acids is 1. The lowest BCUT2D eigenvalue weighted by Gasteiger charge is -2.38. The van der Waals surface area contributed by atoms with Crippen LogP contribution in [0.2, 0.25) is 0 Å². The van der Waals surface area contributed by atoms with Crippen LogP contribution >= 0.6 is 0 Å². The molecule has 1 aliphatic heterocycles. The first-order chi connectivity index (χ1) is 12.8. The van der Waals surface area contributed by atoms with E-state index in [1.807, 2.05) is 0 Å². The minimum atomic E-state index is -1.81. The zero-order valence-electron chi connectivity index (χ0n) is 14.2. The van der Waals surface area contributed by atoms with Crippen LogP contribution in [0.15, 0.2) is 30.9 Å². The fourth-order valence-corrected chi connectivity index (χ4v) is 2.48. The van der Waals surface area contributed by atoms with Gasteiger partial charge in [-0.2, -0.15) is 0 Å². The van der Waals surface area contributed by atoms with Crippen LogP contribution in [0.5, 0.6) is 5.75 Å². The summed E-state index contributed by atoms with van der Waals surface area (Å²) in [5.41, 5.74) is 6.75. The molecule has 10 nitrogen and oxygen atoms in total. The van der Waals surface area contributed by atoms with E-state index in [-0.39, 0.29) is 18.9 Å². The summed E-state index contributed by atoms with van der Waals surface area (Å²) >= 11 is 0. The number of rotatable bonds is 7. The molecule has 10 heteroatoms. The maximum absolute atomic E-state index is 11.1. The van der Waals surface area contributed by atoms with Gasteiger partial charge in [-0.3, -0.25) is 0 Å². The SMILES string of the molecule is C=CC(=O)OCc1ccc(O[C@@H]2O[C@H](C(=O)O)[C@@H](O)[C@H](O)[C@H]2O)c(CN)c1. The third-order valence-electron chi connectivity index (χ3n) is 3.95. The van der Waals surface area contributed by atoms with E-state index in [4.69, 9.17) is 25.1 Å². The van der Waals surface area contributed by atoms with Crippen LogP contribution in [0.3, 0.4) is 0 Å². The molecule has 148 valence electrons. The number of hydrogen-bond acceptors (Lipinski definition) is 9. The van der Waals surface area contributed by atoms with Crippen LogP contribution < -0.4 is 10.5 Å². The van der Waals surface area contributed by atoms with E-state index in [0.29, 0.717) is 11.1 Å². The largest absolute Gasteiger partial charge is 0.479 e. The zero-order chi connectivity index (χ0) is 20.1. The van der Waals surface area contributed by atoms with Crippen molar-refractivity contribution in [2.24, 2.45) is 5.73 Å². The number of carboxylic acid groups (broad SMARTS) is 1. The van der Waals surface area contributed by atoms with Crippen molar-refractivity contribution in [2.45, 2.75) is 43.9 Å². The lowest BCUT2D eigenvalue weighted by molar-refractivity contribution is -0.271. The highest BCUT2D eigenvalue weighted by atomic mass is 16.7. The number of carbonyl (C=O) groups is 2. The van der Waals surface area contributed by atoms with E-state index in [2.05, 4.69) is 6.58 Å². The molecule has 1 aliphatic rings. The summed E-state index contributed by atoms with van der Waals surface area (Å²) in [6.07, 6.45) is -7.56. The average molecular weight is 383 g/mol. The number of nitrogens with two attached hydrogens (primary N) is 1. The van der Waals surface area contributed by atoms with Crippen LogP contribution in [0.1, 0.15) is 11.1 Å². The summed E-state index contributed by atoms with van der Waals surface area (Å²) in [6, 6.07) is 4.64. The van der Waals surface area contributed by atoms with Gasteiger partial charge in [-0.15, -0.1) is 0 Å². The van der Waals surface area contributed by atoms with Gasteiger partial charge in [0.25, 0.3) is 0 Å². The first kappa shape index (κ1) is 20.8. The molecule has 5 atom stereocenters. The van der Waals surface area contributed by atoms with E-state index in [1.54, 1.807) is 12.1 Å². The smallest absolute Gasteiger partial charge is 0.335 e. The first-order valence-electron chi connectivity index (χ1n) is 7.98. The van der Waals surface area contributed by atoms with Crippen LogP contribution in [0.25, 0.3) is 0 Å². The van der Waals surface area contributed by atoms with Crippen LogP contribution in [0, 0.1) is 0 Å². The second-order valence-corrected chi connectivity index (χ2v) is 5.81. The molecule has 1 aromatic rings. The van der Waals surface area contributed by atoms with Crippen LogP contribution in [0.4, 0.5) is 0 Å². The summed E-state index contributed by atoms with van der Waals surface area (Å²) in [5, 5.41) is 38.6. The first-order valence-corrected chi connectivity index (χ1v) is 7.98. The van der Waals surface area contributed by atoms with Crippen molar-refractivity contribution in [2.75, 3.05) is 0 Å². The monoisotopic (exact) mass is 383 g/mol. The van der Waals surface area contributed by atoms with E-state index in [1.165, 1.54) is 6.07 Å². The summed E-state index contributed by atoms with van der Waals surface area (Å²) in [7, 11) is 0. The maximum atomic E-state index is 11.1. The predicted molar refractivity (Wildman–Crippen MR) is 89.3 cm³/mol. The second-order valence-electron chi connectivity index (χ2n) is 5.81. The number of benzene rings is 1. The van der Waals surface area contributed by atoms with Gasteiger partial charge in [-0.05, 0) is 17.7 Å². The molecule has 1 fully saturated rings. The Bertz CT molecular complexity index is 708. The van der Waals surface area contributed by atoms with Gasteiger partial charge in [0.2, 0.25) is 6.29 Å². The third-order valence-corrected chi connectivity index (χ3v) is 3.95. The van der Waals surface area contributed by atoms with Gasteiger partial charge in [-0.1, -0.05) is 12.6 Å². The number of esters is 1. The summed E-state index contributed by atoms with van der Waals surface area (Å²) < 4.78 is 15.5. The van der Waals surface area contributed by atoms with Crippen LogP contribution in [-0.4, -0.2) is 63.1 Å². The molecule has 0 bridgehead atoms. The van der Waals surface area contributed by atoms with Crippen molar-refractivity contribution in [3.63, 3.8) is 0 Å². The topological polar surface area (TPSA) is 169 Å². The lowest BCUT2D eigenvalue weighted by atomic mass is 9.99. The molecular weight excluding hydrogens is 362 g/mol. The average Bonchev–Trinajstić information content (AvgIpc) is 2.66. The van der Waals surface area contributed by atoms with Gasteiger partial charge in [-0.25, -0.2) is 9.59 Å². The van der Waals surface area contributed by atoms with Gasteiger partial charge in [0.1, 0.15) is 30.7 Å². The van der Waals surface area contributed by atoms with Gasteiger partial charge >= 0.3 is 11.9 Å². The van der Waals surface area contributed by atoms with Gasteiger partial charge in [0, 0.05) is 18.2 Å². The normalized spacial score (nSPS) is 27.6. The molecule has 0 unspecified atom stereocenters. The lowest BCUT2D eigenvalue weighted by Crippen LogP contribution is -2.61. The highest BCUT2D eigenvalue weighted by Gasteiger charge is 2.48. The Kier molecular flexibility index (Phi) is 6.88. The Balaban J connectivity index is 2.16. The summed E-state index contributed by atoms with van der Waals surface area (Å²) in [5.74, 6) is -1.93.